The van der Waals surface area contributed by atoms with Crippen LogP contribution in [0.1, 0.15) is 50.3 Å². The van der Waals surface area contributed by atoms with E-state index in [4.69, 9.17) is 5.73 Å². The van der Waals surface area contributed by atoms with Crippen molar-refractivity contribution in [1.82, 2.24) is 15.2 Å². The topological polar surface area (TPSA) is 67.6 Å². The van der Waals surface area contributed by atoms with Crippen molar-refractivity contribution in [1.29, 1.82) is 0 Å². The number of rotatable bonds is 3. The van der Waals surface area contributed by atoms with Gasteiger partial charge in [-0.2, -0.15) is 5.10 Å². The molecule has 0 aromatic carbocycles. The van der Waals surface area contributed by atoms with E-state index in [9.17, 15) is 0 Å². The minimum absolute atomic E-state index is 0.0694. The molecule has 13 heavy (non-hydrogen) atoms. The van der Waals surface area contributed by atoms with Gasteiger partial charge in [0.05, 0.1) is 6.04 Å². The Bertz CT molecular complexity index is 288. The van der Waals surface area contributed by atoms with E-state index in [0.29, 0.717) is 11.8 Å². The summed E-state index contributed by atoms with van der Waals surface area (Å²) >= 11 is 0. The van der Waals surface area contributed by atoms with Crippen LogP contribution in [0.2, 0.25) is 0 Å². The first-order chi connectivity index (χ1) is 6.18. The van der Waals surface area contributed by atoms with Gasteiger partial charge in [-0.25, -0.2) is 4.98 Å². The second kappa shape index (κ2) is 3.10. The Morgan fingerprint density at radius 2 is 2.15 bits per heavy atom. The third kappa shape index (κ3) is 1.72. The minimum atomic E-state index is 0.0694. The lowest BCUT2D eigenvalue weighted by Gasteiger charge is -2.04. The Morgan fingerprint density at radius 1 is 1.46 bits per heavy atom. The highest BCUT2D eigenvalue weighted by molar-refractivity contribution is 5.03. The van der Waals surface area contributed by atoms with Crippen LogP contribution in [0.4, 0.5) is 0 Å². The van der Waals surface area contributed by atoms with Gasteiger partial charge in [-0.15, -0.1) is 0 Å². The van der Waals surface area contributed by atoms with Crippen molar-refractivity contribution in [3.63, 3.8) is 0 Å². The second-order valence-electron chi connectivity index (χ2n) is 4.10. The van der Waals surface area contributed by atoms with Gasteiger partial charge in [0.25, 0.3) is 0 Å². The van der Waals surface area contributed by atoms with E-state index >= 15 is 0 Å². The summed E-state index contributed by atoms with van der Waals surface area (Å²) in [5.41, 5.74) is 5.98. The van der Waals surface area contributed by atoms with Gasteiger partial charge in [0.1, 0.15) is 5.82 Å². The lowest BCUT2D eigenvalue weighted by atomic mass is 10.2. The molecule has 1 aliphatic rings. The van der Waals surface area contributed by atoms with Gasteiger partial charge in [0.15, 0.2) is 5.82 Å². The van der Waals surface area contributed by atoms with Crippen LogP contribution in [-0.2, 0) is 0 Å². The van der Waals surface area contributed by atoms with Crippen LogP contribution >= 0.6 is 0 Å². The van der Waals surface area contributed by atoms with Crippen molar-refractivity contribution >= 4 is 0 Å². The first-order valence-electron chi connectivity index (χ1n) is 4.86. The lowest BCUT2D eigenvalue weighted by Crippen LogP contribution is -2.14. The largest absolute Gasteiger partial charge is 0.321 e. The van der Waals surface area contributed by atoms with Gasteiger partial charge in [-0.1, -0.05) is 13.8 Å². The third-order valence-electron chi connectivity index (χ3n) is 2.48. The van der Waals surface area contributed by atoms with Crippen molar-refractivity contribution in [2.24, 2.45) is 11.7 Å². The molecule has 1 unspecified atom stereocenters. The molecule has 0 bridgehead atoms. The summed E-state index contributed by atoms with van der Waals surface area (Å²) in [6.07, 6.45) is 2.47. The van der Waals surface area contributed by atoms with E-state index in [0.717, 1.165) is 11.6 Å². The SMILES string of the molecule is CC(C)c1n[nH]c(C(N)C2CC2)n1. The molecule has 1 aromatic heterocycles. The number of nitrogens with two attached hydrogens (primary N) is 1. The Balaban J connectivity index is 2.11. The van der Waals surface area contributed by atoms with Crippen LogP contribution in [0.15, 0.2) is 0 Å². The summed E-state index contributed by atoms with van der Waals surface area (Å²) in [4.78, 5) is 4.38. The number of aromatic nitrogens is 3. The molecule has 0 spiro atoms. The zero-order valence-corrected chi connectivity index (χ0v) is 8.12. The van der Waals surface area contributed by atoms with Gasteiger partial charge >= 0.3 is 0 Å². The highest BCUT2D eigenvalue weighted by atomic mass is 15.2. The molecule has 1 atom stereocenters. The fraction of sp³-hybridized carbons (Fsp3) is 0.778. The minimum Gasteiger partial charge on any atom is -0.321 e. The van der Waals surface area contributed by atoms with E-state index < -0.39 is 0 Å². The molecular formula is C9H16N4. The fourth-order valence-corrected chi connectivity index (χ4v) is 1.37. The van der Waals surface area contributed by atoms with Crippen LogP contribution in [0.5, 0.6) is 0 Å². The van der Waals surface area contributed by atoms with Crippen molar-refractivity contribution in [2.75, 3.05) is 0 Å². The molecule has 4 nitrogen and oxygen atoms in total. The van der Waals surface area contributed by atoms with Crippen molar-refractivity contribution < 1.29 is 0 Å². The van der Waals surface area contributed by atoms with Gasteiger partial charge in [-0.3, -0.25) is 5.10 Å². The molecule has 1 heterocycles. The maximum atomic E-state index is 5.98. The third-order valence-corrected chi connectivity index (χ3v) is 2.48. The van der Waals surface area contributed by atoms with Crippen molar-refractivity contribution in [2.45, 2.75) is 38.6 Å². The van der Waals surface area contributed by atoms with Crippen LogP contribution in [0.3, 0.4) is 0 Å². The predicted molar refractivity (Wildman–Crippen MR) is 50.1 cm³/mol. The smallest absolute Gasteiger partial charge is 0.153 e. The fourth-order valence-electron chi connectivity index (χ4n) is 1.37. The summed E-state index contributed by atoms with van der Waals surface area (Å²) in [5.74, 6) is 2.72. The molecule has 4 heteroatoms. The Morgan fingerprint density at radius 3 is 2.62 bits per heavy atom. The number of H-pyrrole nitrogens is 1. The maximum absolute atomic E-state index is 5.98. The average Bonchev–Trinajstić information content (AvgIpc) is 2.81. The second-order valence-corrected chi connectivity index (χ2v) is 4.10. The van der Waals surface area contributed by atoms with Gasteiger partial charge < -0.3 is 5.73 Å². The Labute approximate surface area is 77.9 Å². The average molecular weight is 180 g/mol. The molecule has 0 radical (unpaired) electrons. The number of nitrogens with zero attached hydrogens (tertiary/aromatic N) is 2. The number of nitrogens with one attached hydrogen (secondary N) is 1. The standard InChI is InChI=1S/C9H16N4/c1-5(2)8-11-9(13-12-8)7(10)6-3-4-6/h5-7H,3-4,10H2,1-2H3,(H,11,12,13). The zero-order valence-electron chi connectivity index (χ0n) is 8.12. The summed E-state index contributed by atoms with van der Waals surface area (Å²) in [5, 5.41) is 7.05. The van der Waals surface area contributed by atoms with Crippen LogP contribution in [-0.4, -0.2) is 15.2 Å². The zero-order chi connectivity index (χ0) is 9.42. The molecule has 0 amide bonds. The van der Waals surface area contributed by atoms with E-state index in [1.54, 1.807) is 0 Å². The number of hydrogen-bond acceptors (Lipinski definition) is 3. The predicted octanol–water partition coefficient (Wildman–Crippen LogP) is 1.34. The summed E-state index contributed by atoms with van der Waals surface area (Å²) in [6, 6.07) is 0.0694. The van der Waals surface area contributed by atoms with E-state index in [1.165, 1.54) is 12.8 Å². The Kier molecular flexibility index (Phi) is 2.07. The number of hydrogen-bond donors (Lipinski definition) is 2. The van der Waals surface area contributed by atoms with Gasteiger partial charge in [0.2, 0.25) is 0 Å². The lowest BCUT2D eigenvalue weighted by molar-refractivity contribution is 0.595. The van der Waals surface area contributed by atoms with Gasteiger partial charge in [-0.05, 0) is 18.8 Å². The van der Waals surface area contributed by atoms with Gasteiger partial charge in [0, 0.05) is 5.92 Å². The monoisotopic (exact) mass is 180 g/mol. The normalized spacial score (nSPS) is 19.4. The molecule has 1 aromatic rings. The summed E-state index contributed by atoms with van der Waals surface area (Å²) < 4.78 is 0. The quantitative estimate of drug-likeness (QED) is 0.737. The molecular weight excluding hydrogens is 164 g/mol. The molecule has 0 saturated heterocycles. The molecule has 1 aliphatic carbocycles. The summed E-state index contributed by atoms with van der Waals surface area (Å²) in [7, 11) is 0. The van der Waals surface area contributed by atoms with E-state index in [-0.39, 0.29) is 6.04 Å². The summed E-state index contributed by atoms with van der Waals surface area (Å²) in [6.45, 7) is 4.16. The molecule has 1 fully saturated rings. The maximum Gasteiger partial charge on any atom is 0.153 e. The molecule has 3 N–H and O–H groups in total. The van der Waals surface area contributed by atoms with Crippen LogP contribution in [0.25, 0.3) is 0 Å². The van der Waals surface area contributed by atoms with Crippen LogP contribution < -0.4 is 5.73 Å². The highest BCUT2D eigenvalue weighted by Gasteiger charge is 2.31. The molecule has 0 aliphatic heterocycles. The molecule has 72 valence electrons. The van der Waals surface area contributed by atoms with Crippen molar-refractivity contribution in [3.8, 4) is 0 Å². The first kappa shape index (κ1) is 8.69. The Hall–Kier alpha value is -0.900. The number of aromatic amines is 1. The molecule has 1 saturated carbocycles. The van der Waals surface area contributed by atoms with E-state index in [2.05, 4.69) is 29.0 Å². The van der Waals surface area contributed by atoms with Crippen LogP contribution in [0, 0.1) is 5.92 Å². The van der Waals surface area contributed by atoms with Crippen molar-refractivity contribution in [3.05, 3.63) is 11.6 Å². The first-order valence-corrected chi connectivity index (χ1v) is 4.86. The van der Waals surface area contributed by atoms with E-state index in [1.807, 2.05) is 0 Å². The molecule has 2 rings (SSSR count). The highest BCUT2D eigenvalue weighted by Crippen LogP contribution is 2.38.